The third kappa shape index (κ3) is 3.88. The van der Waals surface area contributed by atoms with Gasteiger partial charge >= 0.3 is 0 Å². The highest BCUT2D eigenvalue weighted by atomic mass is 35.5. The van der Waals surface area contributed by atoms with Gasteiger partial charge in [0.1, 0.15) is 0 Å². The maximum Gasteiger partial charge on any atom is 0.278 e. The van der Waals surface area contributed by atoms with E-state index >= 15 is 0 Å². The summed E-state index contributed by atoms with van der Waals surface area (Å²) in [5, 5.41) is 14.4. The van der Waals surface area contributed by atoms with Crippen LogP contribution in [0.5, 0.6) is 0 Å². The lowest BCUT2D eigenvalue weighted by molar-refractivity contribution is 0.0742. The number of aromatic amines is 1. The van der Waals surface area contributed by atoms with Crippen LogP contribution in [0.15, 0.2) is 54.6 Å². The second-order valence-electron chi connectivity index (χ2n) is 6.27. The van der Waals surface area contributed by atoms with Gasteiger partial charge in [-0.1, -0.05) is 29.8 Å². The molecular weight excluding hydrogens is 364 g/mol. The van der Waals surface area contributed by atoms with Gasteiger partial charge in [0, 0.05) is 42.6 Å². The lowest BCUT2D eigenvalue weighted by atomic mass is 10.2. The minimum atomic E-state index is -0.132. The van der Waals surface area contributed by atoms with Crippen LogP contribution in [0.2, 0.25) is 5.02 Å². The molecule has 3 aromatic rings. The van der Waals surface area contributed by atoms with E-state index in [1.54, 1.807) is 12.1 Å². The van der Waals surface area contributed by atoms with Crippen molar-refractivity contribution in [2.24, 2.45) is 0 Å². The summed E-state index contributed by atoms with van der Waals surface area (Å²) in [6, 6.07) is 17.4. The first kappa shape index (κ1) is 17.4. The number of aromatic nitrogens is 3. The number of anilines is 3. The zero-order valence-corrected chi connectivity index (χ0v) is 15.4. The Hall–Kier alpha value is -3.06. The molecule has 1 aromatic heterocycles. The summed E-state index contributed by atoms with van der Waals surface area (Å²) in [5.41, 5.74) is 2.26. The third-order valence-electron chi connectivity index (χ3n) is 4.55. The summed E-state index contributed by atoms with van der Waals surface area (Å²) < 4.78 is 0. The van der Waals surface area contributed by atoms with E-state index in [0.717, 1.165) is 18.8 Å². The third-order valence-corrected chi connectivity index (χ3v) is 4.80. The van der Waals surface area contributed by atoms with Crippen molar-refractivity contribution in [2.45, 2.75) is 0 Å². The Kier molecular flexibility index (Phi) is 4.93. The van der Waals surface area contributed by atoms with Crippen LogP contribution in [0.4, 0.5) is 17.2 Å². The highest BCUT2D eigenvalue weighted by molar-refractivity contribution is 6.30. The maximum atomic E-state index is 12.9. The van der Waals surface area contributed by atoms with Crippen molar-refractivity contribution in [3.8, 4) is 0 Å². The monoisotopic (exact) mass is 382 g/mol. The van der Waals surface area contributed by atoms with Gasteiger partial charge in [0.15, 0.2) is 11.5 Å². The van der Waals surface area contributed by atoms with Gasteiger partial charge in [-0.3, -0.25) is 4.79 Å². The molecule has 7 nitrogen and oxygen atoms in total. The predicted molar refractivity (Wildman–Crippen MR) is 106 cm³/mol. The number of piperazine rings is 1. The molecule has 0 unspecified atom stereocenters. The topological polar surface area (TPSA) is 77.1 Å². The summed E-state index contributed by atoms with van der Waals surface area (Å²) in [4.78, 5) is 17.0. The van der Waals surface area contributed by atoms with E-state index < -0.39 is 0 Å². The molecule has 1 aliphatic rings. The first-order valence-corrected chi connectivity index (χ1v) is 9.11. The molecule has 0 radical (unpaired) electrons. The first-order chi connectivity index (χ1) is 13.2. The molecule has 4 rings (SSSR count). The first-order valence-electron chi connectivity index (χ1n) is 8.73. The molecule has 0 bridgehead atoms. The molecule has 1 fully saturated rings. The number of hydrogen-bond acceptors (Lipinski definition) is 5. The number of carbonyl (C=O) groups is 1. The van der Waals surface area contributed by atoms with E-state index in [-0.39, 0.29) is 11.6 Å². The predicted octanol–water partition coefficient (Wildman–Crippen LogP) is 3.16. The minimum Gasteiger partial charge on any atom is -0.368 e. The number of nitrogens with one attached hydrogen (secondary N) is 2. The van der Waals surface area contributed by atoms with Crippen molar-refractivity contribution in [2.75, 3.05) is 36.4 Å². The van der Waals surface area contributed by atoms with E-state index in [4.69, 9.17) is 11.6 Å². The molecule has 0 aliphatic carbocycles. The molecule has 8 heteroatoms. The van der Waals surface area contributed by atoms with Crippen LogP contribution in [-0.2, 0) is 0 Å². The second kappa shape index (κ2) is 7.67. The molecule has 2 heterocycles. The van der Waals surface area contributed by atoms with Crippen molar-refractivity contribution in [3.63, 3.8) is 0 Å². The van der Waals surface area contributed by atoms with Crippen molar-refractivity contribution in [3.05, 3.63) is 65.3 Å². The zero-order valence-electron chi connectivity index (χ0n) is 14.6. The highest BCUT2D eigenvalue weighted by Gasteiger charge is 2.26. The van der Waals surface area contributed by atoms with Gasteiger partial charge in [-0.15, -0.1) is 10.2 Å². The van der Waals surface area contributed by atoms with Gasteiger partial charge in [-0.25, -0.2) is 0 Å². The van der Waals surface area contributed by atoms with Crippen LogP contribution >= 0.6 is 11.6 Å². The lowest BCUT2D eigenvalue weighted by Crippen LogP contribution is -2.49. The highest BCUT2D eigenvalue weighted by Crippen LogP contribution is 2.21. The van der Waals surface area contributed by atoms with Crippen molar-refractivity contribution in [1.29, 1.82) is 0 Å². The number of amides is 1. The number of H-pyrrole nitrogens is 1. The molecule has 0 atom stereocenters. The van der Waals surface area contributed by atoms with Crippen molar-refractivity contribution < 1.29 is 4.79 Å². The van der Waals surface area contributed by atoms with Gasteiger partial charge in [0.05, 0.1) is 0 Å². The largest absolute Gasteiger partial charge is 0.368 e. The van der Waals surface area contributed by atoms with Gasteiger partial charge in [-0.2, -0.15) is 5.21 Å². The Labute approximate surface area is 161 Å². The van der Waals surface area contributed by atoms with E-state index in [1.807, 2.05) is 35.2 Å². The number of benzene rings is 2. The fourth-order valence-electron chi connectivity index (χ4n) is 3.09. The second-order valence-corrected chi connectivity index (χ2v) is 6.70. The van der Waals surface area contributed by atoms with Gasteiger partial charge < -0.3 is 15.1 Å². The molecule has 1 amide bonds. The normalized spacial score (nSPS) is 14.3. The van der Waals surface area contributed by atoms with Crippen LogP contribution in [0.3, 0.4) is 0 Å². The van der Waals surface area contributed by atoms with Crippen LogP contribution in [0.25, 0.3) is 0 Å². The standard InChI is InChI=1S/C19H19ClN6O/c20-14-6-8-15(9-7-14)21-18-17(22-24-23-18)19(27)26-12-10-25(11-13-26)16-4-2-1-3-5-16/h1-9H,10-13H2,(H2,21,22,23,24). The zero-order chi connectivity index (χ0) is 18.6. The molecule has 0 saturated carbocycles. The van der Waals surface area contributed by atoms with E-state index in [1.165, 1.54) is 5.69 Å². The molecule has 2 N–H and O–H groups in total. The van der Waals surface area contributed by atoms with E-state index in [9.17, 15) is 4.79 Å². The fourth-order valence-corrected chi connectivity index (χ4v) is 3.22. The fraction of sp³-hybridized carbons (Fsp3) is 0.211. The SMILES string of the molecule is O=C(c1n[nH]nc1Nc1ccc(Cl)cc1)N1CCN(c2ccccc2)CC1. The Bertz CT molecular complexity index is 903. The number of rotatable bonds is 4. The summed E-state index contributed by atoms with van der Waals surface area (Å²) >= 11 is 5.91. The van der Waals surface area contributed by atoms with Crippen molar-refractivity contribution in [1.82, 2.24) is 20.3 Å². The number of para-hydroxylation sites is 1. The maximum absolute atomic E-state index is 12.9. The van der Waals surface area contributed by atoms with Crippen LogP contribution in [0.1, 0.15) is 10.5 Å². The average Bonchev–Trinajstić information content (AvgIpc) is 3.18. The van der Waals surface area contributed by atoms with Crippen molar-refractivity contribution >= 4 is 34.7 Å². The van der Waals surface area contributed by atoms with Crippen LogP contribution in [0, 0.1) is 0 Å². The van der Waals surface area contributed by atoms with Gasteiger partial charge in [-0.05, 0) is 36.4 Å². The summed E-state index contributed by atoms with van der Waals surface area (Å²) in [6.07, 6.45) is 0. The Morgan fingerprint density at radius 2 is 1.67 bits per heavy atom. The summed E-state index contributed by atoms with van der Waals surface area (Å²) in [6.45, 7) is 2.85. The summed E-state index contributed by atoms with van der Waals surface area (Å²) in [5.74, 6) is 0.278. The smallest absolute Gasteiger partial charge is 0.278 e. The summed E-state index contributed by atoms with van der Waals surface area (Å²) in [7, 11) is 0. The lowest BCUT2D eigenvalue weighted by Gasteiger charge is -2.35. The average molecular weight is 383 g/mol. The van der Waals surface area contributed by atoms with Crippen LogP contribution in [-0.4, -0.2) is 52.4 Å². The quantitative estimate of drug-likeness (QED) is 0.724. The molecule has 1 saturated heterocycles. The minimum absolute atomic E-state index is 0.132. The molecule has 2 aromatic carbocycles. The Balaban J connectivity index is 1.42. The molecule has 1 aliphatic heterocycles. The van der Waals surface area contributed by atoms with Gasteiger partial charge in [0.25, 0.3) is 5.91 Å². The molecule has 0 spiro atoms. The number of hydrogen-bond donors (Lipinski definition) is 2. The number of nitrogens with zero attached hydrogens (tertiary/aromatic N) is 4. The van der Waals surface area contributed by atoms with Crippen LogP contribution < -0.4 is 10.2 Å². The number of halogens is 1. The molecule has 27 heavy (non-hydrogen) atoms. The van der Waals surface area contributed by atoms with E-state index in [2.05, 4.69) is 37.8 Å². The number of carbonyl (C=O) groups excluding carboxylic acids is 1. The van der Waals surface area contributed by atoms with Gasteiger partial charge in [0.2, 0.25) is 0 Å². The van der Waals surface area contributed by atoms with E-state index in [0.29, 0.717) is 23.9 Å². The molecular formula is C19H19ClN6O. The Morgan fingerprint density at radius 1 is 0.963 bits per heavy atom. The Morgan fingerprint density at radius 3 is 2.37 bits per heavy atom. The molecule has 138 valence electrons.